The number of urea groups is 1. The minimum Gasteiger partial charge on any atom is -0.465 e. The van der Waals surface area contributed by atoms with Crippen LogP contribution in [0.3, 0.4) is 0 Å². The number of methoxy groups -OCH3 is 1. The van der Waals surface area contributed by atoms with E-state index in [9.17, 15) is 9.59 Å². The summed E-state index contributed by atoms with van der Waals surface area (Å²) in [5.74, 6) is 0.0735. The first-order chi connectivity index (χ1) is 16.3. The molecule has 192 valence electrons. The van der Waals surface area contributed by atoms with Crippen molar-refractivity contribution in [1.82, 2.24) is 20.4 Å². The molecule has 1 aromatic carbocycles. The number of likely N-dealkylation sites (tertiary alicyclic amines) is 1. The van der Waals surface area contributed by atoms with E-state index in [0.717, 1.165) is 31.2 Å². The molecule has 0 saturated carbocycles. The number of amides is 3. The number of nitrogens with one attached hydrogen (secondary N) is 2. The summed E-state index contributed by atoms with van der Waals surface area (Å²) in [5, 5.41) is 16.0. The molecule has 1 fully saturated rings. The zero-order valence-corrected chi connectivity index (χ0v) is 21.2. The van der Waals surface area contributed by atoms with Crippen molar-refractivity contribution in [3.8, 4) is 0 Å². The largest absolute Gasteiger partial charge is 0.465 e. The van der Waals surface area contributed by atoms with Crippen molar-refractivity contribution in [1.29, 1.82) is 0 Å². The monoisotopic (exact) mass is 498 g/mol. The standard InChI is InChI=1S/C24H39ClN4O5/c1-26-16-21(10-6-13-33-3)27-23(30)29-11-5-8-19(17-29)22(18-7-4-9-20(25)15-18)34-14-12-28(2)24(31)32/h4,7,9,15,19,21-22,26H,5-6,8,10-14,16-17H2,1-3H3,(H,27,30)(H,31,32). The molecule has 2 rings (SSSR count). The van der Waals surface area contributed by atoms with Crippen LogP contribution in [-0.2, 0) is 9.47 Å². The Kier molecular flexibility index (Phi) is 12.5. The second-order valence-electron chi connectivity index (χ2n) is 8.74. The number of ether oxygens (including phenoxy) is 2. The molecule has 10 heteroatoms. The maximum absolute atomic E-state index is 13.1. The Hall–Kier alpha value is -2.07. The van der Waals surface area contributed by atoms with Crippen LogP contribution in [0.15, 0.2) is 24.3 Å². The summed E-state index contributed by atoms with van der Waals surface area (Å²) in [4.78, 5) is 27.2. The molecule has 1 saturated heterocycles. The lowest BCUT2D eigenvalue weighted by atomic mass is 9.88. The van der Waals surface area contributed by atoms with Gasteiger partial charge >= 0.3 is 12.1 Å². The van der Waals surface area contributed by atoms with E-state index in [2.05, 4.69) is 10.6 Å². The van der Waals surface area contributed by atoms with E-state index < -0.39 is 6.09 Å². The number of likely N-dealkylation sites (N-methyl/N-ethyl adjacent to an activating group) is 2. The molecular weight excluding hydrogens is 460 g/mol. The highest BCUT2D eigenvalue weighted by Crippen LogP contribution is 2.34. The molecule has 1 aliphatic heterocycles. The Labute approximate surface area is 207 Å². The maximum atomic E-state index is 13.1. The third-order valence-electron chi connectivity index (χ3n) is 6.08. The van der Waals surface area contributed by atoms with Crippen molar-refractivity contribution in [2.75, 3.05) is 60.6 Å². The van der Waals surface area contributed by atoms with E-state index in [4.69, 9.17) is 26.2 Å². The highest BCUT2D eigenvalue weighted by Gasteiger charge is 2.32. The van der Waals surface area contributed by atoms with Gasteiger partial charge in [0.2, 0.25) is 0 Å². The van der Waals surface area contributed by atoms with Crippen LogP contribution in [0.25, 0.3) is 0 Å². The molecule has 3 unspecified atom stereocenters. The number of hydrogen-bond donors (Lipinski definition) is 3. The summed E-state index contributed by atoms with van der Waals surface area (Å²) in [7, 11) is 5.07. The number of nitrogens with zero attached hydrogens (tertiary/aromatic N) is 2. The molecule has 3 amide bonds. The lowest BCUT2D eigenvalue weighted by Gasteiger charge is -2.38. The smallest absolute Gasteiger partial charge is 0.407 e. The zero-order chi connectivity index (χ0) is 24.9. The van der Waals surface area contributed by atoms with E-state index in [0.29, 0.717) is 31.3 Å². The van der Waals surface area contributed by atoms with Crippen LogP contribution in [0.2, 0.25) is 5.02 Å². The molecule has 1 aliphatic rings. The number of carbonyl (C=O) groups excluding carboxylic acids is 1. The quantitative estimate of drug-likeness (QED) is 0.360. The van der Waals surface area contributed by atoms with Crippen LogP contribution in [0.1, 0.15) is 37.4 Å². The van der Waals surface area contributed by atoms with Gasteiger partial charge in [-0.1, -0.05) is 23.7 Å². The molecule has 0 bridgehead atoms. The van der Waals surface area contributed by atoms with Crippen molar-refractivity contribution < 1.29 is 24.2 Å². The van der Waals surface area contributed by atoms with Crippen molar-refractivity contribution in [3.63, 3.8) is 0 Å². The lowest BCUT2D eigenvalue weighted by molar-refractivity contribution is -0.0155. The molecule has 0 aromatic heterocycles. The van der Waals surface area contributed by atoms with E-state index in [-0.39, 0.29) is 37.2 Å². The molecule has 0 aliphatic carbocycles. The number of carbonyl (C=O) groups is 2. The van der Waals surface area contributed by atoms with Crippen LogP contribution in [0.4, 0.5) is 9.59 Å². The van der Waals surface area contributed by atoms with Gasteiger partial charge in [-0.3, -0.25) is 0 Å². The van der Waals surface area contributed by atoms with E-state index >= 15 is 0 Å². The Morgan fingerprint density at radius 1 is 1.35 bits per heavy atom. The van der Waals surface area contributed by atoms with Gasteiger partial charge in [-0.25, -0.2) is 9.59 Å². The van der Waals surface area contributed by atoms with E-state index in [1.165, 1.54) is 11.9 Å². The van der Waals surface area contributed by atoms with Gasteiger partial charge in [0.25, 0.3) is 0 Å². The summed E-state index contributed by atoms with van der Waals surface area (Å²) in [6.45, 7) is 3.12. The second-order valence-corrected chi connectivity index (χ2v) is 9.17. The number of rotatable bonds is 13. The maximum Gasteiger partial charge on any atom is 0.407 e. The number of carboxylic acid groups (broad SMARTS) is 1. The summed E-state index contributed by atoms with van der Waals surface area (Å²) in [5.41, 5.74) is 0.936. The molecular formula is C24H39ClN4O5. The average molecular weight is 499 g/mol. The number of halogens is 1. The van der Waals surface area contributed by atoms with Crippen LogP contribution in [0, 0.1) is 5.92 Å². The van der Waals surface area contributed by atoms with Crippen LogP contribution >= 0.6 is 11.6 Å². The SMILES string of the molecule is CNCC(CCCOC)NC(=O)N1CCCC(C(OCCN(C)C(=O)O)c2cccc(Cl)c2)C1. The predicted octanol–water partition coefficient (Wildman–Crippen LogP) is 3.44. The number of benzene rings is 1. The summed E-state index contributed by atoms with van der Waals surface area (Å²) in [6.07, 6.45) is 2.21. The number of piperidine rings is 1. The highest BCUT2D eigenvalue weighted by atomic mass is 35.5. The van der Waals surface area contributed by atoms with Gasteiger partial charge < -0.3 is 35.0 Å². The van der Waals surface area contributed by atoms with Gasteiger partial charge in [-0.05, 0) is 50.4 Å². The van der Waals surface area contributed by atoms with Crippen LogP contribution < -0.4 is 10.6 Å². The zero-order valence-electron chi connectivity index (χ0n) is 20.5. The van der Waals surface area contributed by atoms with Gasteiger partial charge in [0.1, 0.15) is 0 Å². The van der Waals surface area contributed by atoms with Crippen molar-refractivity contribution >= 4 is 23.7 Å². The summed E-state index contributed by atoms with van der Waals surface area (Å²) >= 11 is 6.24. The molecule has 1 aromatic rings. The van der Waals surface area contributed by atoms with Gasteiger partial charge in [0, 0.05) is 63.9 Å². The predicted molar refractivity (Wildman–Crippen MR) is 132 cm³/mol. The van der Waals surface area contributed by atoms with Gasteiger partial charge in [0.05, 0.1) is 12.7 Å². The first-order valence-corrected chi connectivity index (χ1v) is 12.2. The fourth-order valence-electron chi connectivity index (χ4n) is 4.25. The molecule has 9 nitrogen and oxygen atoms in total. The van der Waals surface area contributed by atoms with E-state index in [1.807, 2.05) is 36.2 Å². The lowest BCUT2D eigenvalue weighted by Crippen LogP contribution is -2.51. The van der Waals surface area contributed by atoms with Crippen LogP contribution in [0.5, 0.6) is 0 Å². The Morgan fingerprint density at radius 3 is 2.82 bits per heavy atom. The minimum absolute atomic E-state index is 0.0274. The third kappa shape index (κ3) is 9.29. The normalized spacial score (nSPS) is 17.8. The van der Waals surface area contributed by atoms with Gasteiger partial charge in [-0.15, -0.1) is 0 Å². The number of hydrogen-bond acceptors (Lipinski definition) is 5. The third-order valence-corrected chi connectivity index (χ3v) is 6.32. The highest BCUT2D eigenvalue weighted by molar-refractivity contribution is 6.30. The Morgan fingerprint density at radius 2 is 2.15 bits per heavy atom. The van der Waals surface area contributed by atoms with Crippen molar-refractivity contribution in [3.05, 3.63) is 34.9 Å². The van der Waals surface area contributed by atoms with Crippen LogP contribution in [-0.4, -0.2) is 93.7 Å². The van der Waals surface area contributed by atoms with Gasteiger partial charge in [-0.2, -0.15) is 0 Å². The average Bonchev–Trinajstić information content (AvgIpc) is 2.82. The summed E-state index contributed by atoms with van der Waals surface area (Å²) in [6, 6.07) is 7.50. The minimum atomic E-state index is -0.995. The fraction of sp³-hybridized carbons (Fsp3) is 0.667. The van der Waals surface area contributed by atoms with Gasteiger partial charge in [0.15, 0.2) is 0 Å². The molecule has 34 heavy (non-hydrogen) atoms. The van der Waals surface area contributed by atoms with Crippen molar-refractivity contribution in [2.24, 2.45) is 5.92 Å². The topological polar surface area (TPSA) is 103 Å². The summed E-state index contributed by atoms with van der Waals surface area (Å²) < 4.78 is 11.4. The first kappa shape index (κ1) is 28.2. The Balaban J connectivity index is 2.06. The fourth-order valence-corrected chi connectivity index (χ4v) is 4.45. The molecule has 0 radical (unpaired) electrons. The molecule has 3 N–H and O–H groups in total. The Bertz CT molecular complexity index is 769. The first-order valence-electron chi connectivity index (χ1n) is 11.9. The van der Waals surface area contributed by atoms with E-state index in [1.54, 1.807) is 7.11 Å². The molecule has 3 atom stereocenters. The second kappa shape index (κ2) is 15.0. The molecule has 0 spiro atoms. The van der Waals surface area contributed by atoms with Crippen molar-refractivity contribution in [2.45, 2.75) is 37.8 Å². The molecule has 1 heterocycles.